The van der Waals surface area contributed by atoms with Crippen molar-refractivity contribution < 1.29 is 14.6 Å². The molecule has 0 aromatic carbocycles. The topological polar surface area (TPSA) is 88.1 Å². The molecule has 0 aliphatic carbocycles. The molecule has 1 aromatic heterocycles. The summed E-state index contributed by atoms with van der Waals surface area (Å²) in [4.78, 5) is 10.1. The van der Waals surface area contributed by atoms with Crippen LogP contribution in [0.4, 0.5) is 0 Å². The van der Waals surface area contributed by atoms with Gasteiger partial charge in [0.05, 0.1) is 18.0 Å². The summed E-state index contributed by atoms with van der Waals surface area (Å²) in [6.07, 6.45) is 2.01. The molecule has 0 aliphatic heterocycles. The number of nitrogens with one attached hydrogen (secondary N) is 1. The molecule has 0 saturated carbocycles. The summed E-state index contributed by atoms with van der Waals surface area (Å²) < 4.78 is 5.00. The van der Waals surface area contributed by atoms with Crippen LogP contribution in [-0.2, 0) is 16.0 Å². The summed E-state index contributed by atoms with van der Waals surface area (Å²) in [5, 5.41) is 18.1. The van der Waals surface area contributed by atoms with Crippen LogP contribution in [0.1, 0.15) is 12.6 Å². The number of nitrogens with zero attached hydrogens (tertiary/aromatic N) is 2. The zero-order valence-corrected chi connectivity index (χ0v) is 8.45. The summed E-state index contributed by atoms with van der Waals surface area (Å²) in [7, 11) is 0. The van der Waals surface area contributed by atoms with Gasteiger partial charge < -0.3 is 9.84 Å². The second-order valence-corrected chi connectivity index (χ2v) is 2.70. The first-order valence-corrected chi connectivity index (χ1v) is 3.87. The van der Waals surface area contributed by atoms with E-state index in [2.05, 4.69) is 15.4 Å². The predicted octanol–water partition coefficient (Wildman–Crippen LogP) is 0.259. The van der Waals surface area contributed by atoms with Crippen molar-refractivity contribution in [2.45, 2.75) is 19.4 Å². The first-order valence-electron chi connectivity index (χ1n) is 3.87. The SMILES string of the molecule is CC(Cc1cnn[nH]1)OCC(=O)O.Cl. The van der Waals surface area contributed by atoms with Crippen LogP contribution in [0.15, 0.2) is 6.20 Å². The molecule has 0 saturated heterocycles. The third-order valence-corrected chi connectivity index (χ3v) is 1.46. The lowest BCUT2D eigenvalue weighted by atomic mass is 10.2. The van der Waals surface area contributed by atoms with E-state index < -0.39 is 5.97 Å². The van der Waals surface area contributed by atoms with E-state index in [-0.39, 0.29) is 25.1 Å². The Balaban J connectivity index is 0.00000169. The summed E-state index contributed by atoms with van der Waals surface area (Å²) in [5.74, 6) is -0.963. The van der Waals surface area contributed by atoms with Gasteiger partial charge in [-0.3, -0.25) is 5.10 Å². The summed E-state index contributed by atoms with van der Waals surface area (Å²) in [6, 6.07) is 0. The van der Waals surface area contributed by atoms with E-state index in [1.807, 2.05) is 0 Å². The van der Waals surface area contributed by atoms with E-state index in [0.717, 1.165) is 5.69 Å². The van der Waals surface area contributed by atoms with Gasteiger partial charge in [-0.05, 0) is 6.92 Å². The second-order valence-electron chi connectivity index (χ2n) is 2.70. The lowest BCUT2D eigenvalue weighted by Crippen LogP contribution is -2.17. The first kappa shape index (κ1) is 12.9. The van der Waals surface area contributed by atoms with Crippen LogP contribution in [0.5, 0.6) is 0 Å². The number of hydrogen-bond donors (Lipinski definition) is 2. The van der Waals surface area contributed by atoms with Crippen molar-refractivity contribution in [3.8, 4) is 0 Å². The van der Waals surface area contributed by atoms with Gasteiger partial charge in [0.15, 0.2) is 0 Å². The molecule has 6 nitrogen and oxygen atoms in total. The Morgan fingerprint density at radius 2 is 2.50 bits per heavy atom. The smallest absolute Gasteiger partial charge is 0.329 e. The number of hydrogen-bond acceptors (Lipinski definition) is 4. The van der Waals surface area contributed by atoms with E-state index >= 15 is 0 Å². The predicted molar refractivity (Wildman–Crippen MR) is 50.4 cm³/mol. The summed E-state index contributed by atoms with van der Waals surface area (Å²) in [6.45, 7) is 1.52. The third kappa shape index (κ3) is 4.78. The number of carboxylic acids is 1. The number of halogens is 1. The maximum Gasteiger partial charge on any atom is 0.329 e. The van der Waals surface area contributed by atoms with Crippen LogP contribution in [0, 0.1) is 0 Å². The van der Waals surface area contributed by atoms with E-state index in [9.17, 15) is 4.79 Å². The fourth-order valence-corrected chi connectivity index (χ4v) is 0.901. The zero-order valence-electron chi connectivity index (χ0n) is 7.64. The quantitative estimate of drug-likeness (QED) is 0.745. The molecule has 0 bridgehead atoms. The summed E-state index contributed by atoms with van der Waals surface area (Å²) in [5.41, 5.74) is 0.831. The van der Waals surface area contributed by atoms with Crippen molar-refractivity contribution >= 4 is 18.4 Å². The molecule has 1 aromatic rings. The molecule has 80 valence electrons. The fraction of sp³-hybridized carbons (Fsp3) is 0.571. The van der Waals surface area contributed by atoms with Crippen molar-refractivity contribution in [1.29, 1.82) is 0 Å². The number of carboxylic acid groups (broad SMARTS) is 1. The Morgan fingerprint density at radius 3 is 3.00 bits per heavy atom. The molecular weight excluding hydrogens is 210 g/mol. The van der Waals surface area contributed by atoms with E-state index in [1.165, 1.54) is 0 Å². The first-order chi connectivity index (χ1) is 6.18. The number of H-pyrrole nitrogens is 1. The molecule has 14 heavy (non-hydrogen) atoms. The molecule has 2 N–H and O–H groups in total. The molecule has 0 fully saturated rings. The third-order valence-electron chi connectivity index (χ3n) is 1.46. The van der Waals surface area contributed by atoms with Crippen molar-refractivity contribution in [2.75, 3.05) is 6.61 Å². The minimum atomic E-state index is -0.963. The number of aromatic nitrogens is 3. The van der Waals surface area contributed by atoms with Gasteiger partial charge in [0.2, 0.25) is 0 Å². The molecule has 1 unspecified atom stereocenters. The van der Waals surface area contributed by atoms with Crippen LogP contribution < -0.4 is 0 Å². The van der Waals surface area contributed by atoms with Gasteiger partial charge in [0.1, 0.15) is 6.61 Å². The molecule has 1 rings (SSSR count). The van der Waals surface area contributed by atoms with E-state index in [4.69, 9.17) is 9.84 Å². The van der Waals surface area contributed by atoms with Gasteiger partial charge in [0.25, 0.3) is 0 Å². The second kappa shape index (κ2) is 6.33. The normalized spacial score (nSPS) is 11.8. The maximum atomic E-state index is 10.1. The lowest BCUT2D eigenvalue weighted by Gasteiger charge is -2.08. The maximum absolute atomic E-state index is 10.1. The Kier molecular flexibility index (Phi) is 5.82. The number of aromatic amines is 1. The number of ether oxygens (including phenoxy) is 1. The Hall–Kier alpha value is -1.14. The Bertz CT molecular complexity index is 265. The van der Waals surface area contributed by atoms with Crippen molar-refractivity contribution in [1.82, 2.24) is 15.4 Å². The van der Waals surface area contributed by atoms with Crippen LogP contribution in [0.2, 0.25) is 0 Å². The number of aliphatic carboxylic acids is 1. The van der Waals surface area contributed by atoms with Gasteiger partial charge in [-0.1, -0.05) is 5.21 Å². The molecule has 0 aliphatic rings. The van der Waals surface area contributed by atoms with Crippen LogP contribution in [0.25, 0.3) is 0 Å². The average molecular weight is 222 g/mol. The fourth-order valence-electron chi connectivity index (χ4n) is 0.901. The monoisotopic (exact) mass is 221 g/mol. The van der Waals surface area contributed by atoms with Crippen molar-refractivity contribution in [3.63, 3.8) is 0 Å². The molecule has 7 heteroatoms. The lowest BCUT2D eigenvalue weighted by molar-refractivity contribution is -0.144. The minimum Gasteiger partial charge on any atom is -0.480 e. The Labute approximate surface area is 87.1 Å². The van der Waals surface area contributed by atoms with Gasteiger partial charge in [-0.25, -0.2) is 4.79 Å². The van der Waals surface area contributed by atoms with Crippen LogP contribution in [-0.4, -0.2) is 39.2 Å². The number of carbonyl (C=O) groups is 1. The van der Waals surface area contributed by atoms with E-state index in [1.54, 1.807) is 13.1 Å². The molecule has 1 heterocycles. The molecule has 0 radical (unpaired) electrons. The highest BCUT2D eigenvalue weighted by Gasteiger charge is 2.07. The standard InChI is InChI=1S/C7H11N3O3.ClH/c1-5(13-4-7(11)12)2-6-3-8-10-9-6;/h3,5H,2,4H2,1H3,(H,11,12)(H,8,9,10);1H. The van der Waals surface area contributed by atoms with Gasteiger partial charge in [0, 0.05) is 6.42 Å². The minimum absolute atomic E-state index is 0. The molecule has 1 atom stereocenters. The van der Waals surface area contributed by atoms with Crippen LogP contribution >= 0.6 is 12.4 Å². The average Bonchev–Trinajstić information content (AvgIpc) is 2.53. The molecule has 0 spiro atoms. The van der Waals surface area contributed by atoms with Crippen LogP contribution in [0.3, 0.4) is 0 Å². The van der Waals surface area contributed by atoms with Gasteiger partial charge >= 0.3 is 5.97 Å². The molecule has 0 amide bonds. The van der Waals surface area contributed by atoms with Gasteiger partial charge in [-0.2, -0.15) is 0 Å². The zero-order chi connectivity index (χ0) is 9.68. The van der Waals surface area contributed by atoms with E-state index in [0.29, 0.717) is 6.42 Å². The summed E-state index contributed by atoms with van der Waals surface area (Å²) >= 11 is 0. The van der Waals surface area contributed by atoms with Crippen molar-refractivity contribution in [3.05, 3.63) is 11.9 Å². The highest BCUT2D eigenvalue weighted by molar-refractivity contribution is 5.85. The Morgan fingerprint density at radius 1 is 1.79 bits per heavy atom. The highest BCUT2D eigenvalue weighted by Crippen LogP contribution is 2.00. The number of rotatable bonds is 5. The molecular formula is C7H12ClN3O3. The van der Waals surface area contributed by atoms with Crippen molar-refractivity contribution in [2.24, 2.45) is 0 Å². The largest absolute Gasteiger partial charge is 0.480 e. The highest BCUT2D eigenvalue weighted by atomic mass is 35.5. The van der Waals surface area contributed by atoms with Gasteiger partial charge in [-0.15, -0.1) is 17.5 Å².